The monoisotopic (exact) mass is 318 g/mol. The predicted molar refractivity (Wildman–Crippen MR) is 90.9 cm³/mol. The van der Waals surface area contributed by atoms with Gasteiger partial charge in [0, 0.05) is 37.8 Å². The maximum atomic E-state index is 13.0. The summed E-state index contributed by atoms with van der Waals surface area (Å²) in [5, 5.41) is 1.76. The van der Waals surface area contributed by atoms with Gasteiger partial charge in [0.15, 0.2) is 0 Å². The zero-order chi connectivity index (χ0) is 15.9. The molecular formula is C17H22N2O2S. The van der Waals surface area contributed by atoms with E-state index in [9.17, 15) is 8.42 Å². The predicted octanol–water partition coefficient (Wildman–Crippen LogP) is 3.08. The van der Waals surface area contributed by atoms with Gasteiger partial charge in [-0.1, -0.05) is 18.2 Å². The lowest BCUT2D eigenvalue weighted by Gasteiger charge is -2.22. The Balaban J connectivity index is 2.15. The van der Waals surface area contributed by atoms with Crippen molar-refractivity contribution >= 4 is 26.5 Å². The molecule has 0 N–H and O–H groups in total. The van der Waals surface area contributed by atoms with Gasteiger partial charge in [-0.05, 0) is 43.4 Å². The molecule has 1 saturated heterocycles. The molecule has 1 heterocycles. The summed E-state index contributed by atoms with van der Waals surface area (Å²) < 4.78 is 27.6. The van der Waals surface area contributed by atoms with Gasteiger partial charge in [-0.2, -0.15) is 4.31 Å². The smallest absolute Gasteiger partial charge is 0.243 e. The number of hydrogen-bond donors (Lipinski definition) is 0. The number of hydrogen-bond acceptors (Lipinski definition) is 3. The van der Waals surface area contributed by atoms with Crippen LogP contribution in [0.25, 0.3) is 10.8 Å². The van der Waals surface area contributed by atoms with Crippen molar-refractivity contribution < 1.29 is 8.42 Å². The summed E-state index contributed by atoms with van der Waals surface area (Å²) in [6.45, 7) is 2.61. The third-order valence-corrected chi connectivity index (χ3v) is 6.49. The van der Waals surface area contributed by atoms with Crippen molar-refractivity contribution in [3.05, 3.63) is 36.4 Å². The minimum Gasteiger partial charge on any atom is -0.378 e. The minimum absolute atomic E-state index is 0.0845. The summed E-state index contributed by atoms with van der Waals surface area (Å²) in [6.07, 6.45) is 1.88. The summed E-state index contributed by atoms with van der Waals surface area (Å²) in [6, 6.07) is 11.5. The van der Waals surface area contributed by atoms with Crippen molar-refractivity contribution in [3.63, 3.8) is 0 Å². The Labute approximate surface area is 132 Å². The van der Waals surface area contributed by atoms with Gasteiger partial charge in [0.2, 0.25) is 10.0 Å². The van der Waals surface area contributed by atoms with E-state index in [1.165, 1.54) is 0 Å². The second-order valence-electron chi connectivity index (χ2n) is 6.16. The van der Waals surface area contributed by atoms with Crippen LogP contribution in [-0.4, -0.2) is 39.4 Å². The van der Waals surface area contributed by atoms with E-state index >= 15 is 0 Å². The van der Waals surface area contributed by atoms with Gasteiger partial charge in [-0.15, -0.1) is 0 Å². The standard InChI is InChI=1S/C17H22N2O2S/c1-13-6-5-11-19(13)22(20,21)17-8-4-7-14-12-15(18(2)3)9-10-16(14)17/h4,7-10,12-13H,5-6,11H2,1-3H3. The summed E-state index contributed by atoms with van der Waals surface area (Å²) in [4.78, 5) is 2.44. The molecule has 22 heavy (non-hydrogen) atoms. The first-order valence-corrected chi connectivity index (χ1v) is 9.07. The average molecular weight is 318 g/mol. The average Bonchev–Trinajstić information content (AvgIpc) is 2.92. The second-order valence-corrected chi connectivity index (χ2v) is 8.02. The quantitative estimate of drug-likeness (QED) is 0.873. The summed E-state index contributed by atoms with van der Waals surface area (Å²) in [5.41, 5.74) is 1.07. The molecule has 0 radical (unpaired) electrons. The first kappa shape index (κ1) is 15.3. The Kier molecular flexibility index (Phi) is 3.87. The van der Waals surface area contributed by atoms with Crippen molar-refractivity contribution in [1.29, 1.82) is 0 Å². The van der Waals surface area contributed by atoms with E-state index in [0.29, 0.717) is 11.4 Å². The second kappa shape index (κ2) is 5.56. The van der Waals surface area contributed by atoms with Gasteiger partial charge in [0.05, 0.1) is 4.90 Å². The molecule has 0 bridgehead atoms. The highest BCUT2D eigenvalue weighted by molar-refractivity contribution is 7.89. The van der Waals surface area contributed by atoms with Crippen LogP contribution in [0.2, 0.25) is 0 Å². The molecule has 1 fully saturated rings. The number of benzene rings is 2. The first-order valence-electron chi connectivity index (χ1n) is 7.63. The maximum absolute atomic E-state index is 13.0. The van der Waals surface area contributed by atoms with Gasteiger partial charge in [-0.25, -0.2) is 8.42 Å². The van der Waals surface area contributed by atoms with E-state index in [1.807, 2.05) is 56.3 Å². The molecule has 118 valence electrons. The molecule has 1 atom stereocenters. The van der Waals surface area contributed by atoms with E-state index in [1.54, 1.807) is 10.4 Å². The van der Waals surface area contributed by atoms with Crippen LogP contribution >= 0.6 is 0 Å². The van der Waals surface area contributed by atoms with Crippen molar-refractivity contribution in [1.82, 2.24) is 4.31 Å². The molecule has 1 aliphatic rings. The fraction of sp³-hybridized carbons (Fsp3) is 0.412. The lowest BCUT2D eigenvalue weighted by molar-refractivity contribution is 0.409. The highest BCUT2D eigenvalue weighted by Gasteiger charge is 2.33. The Morgan fingerprint density at radius 2 is 1.95 bits per heavy atom. The first-order chi connectivity index (χ1) is 10.4. The maximum Gasteiger partial charge on any atom is 0.243 e. The summed E-state index contributed by atoms with van der Waals surface area (Å²) in [7, 11) is 0.532. The summed E-state index contributed by atoms with van der Waals surface area (Å²) in [5.74, 6) is 0. The lowest BCUT2D eigenvalue weighted by atomic mass is 10.1. The molecule has 5 heteroatoms. The number of nitrogens with zero attached hydrogens (tertiary/aromatic N) is 2. The van der Waals surface area contributed by atoms with Crippen LogP contribution in [0.15, 0.2) is 41.3 Å². The number of anilines is 1. The van der Waals surface area contributed by atoms with Crippen LogP contribution in [0, 0.1) is 0 Å². The largest absolute Gasteiger partial charge is 0.378 e. The van der Waals surface area contributed by atoms with Crippen molar-refractivity contribution in [2.75, 3.05) is 25.5 Å². The molecule has 0 spiro atoms. The topological polar surface area (TPSA) is 40.6 Å². The van der Waals surface area contributed by atoms with Crippen molar-refractivity contribution in [2.24, 2.45) is 0 Å². The van der Waals surface area contributed by atoms with Crippen LogP contribution in [0.3, 0.4) is 0 Å². The molecule has 3 rings (SSSR count). The van der Waals surface area contributed by atoms with E-state index in [2.05, 4.69) is 0 Å². The molecule has 2 aromatic rings. The Morgan fingerprint density at radius 3 is 2.59 bits per heavy atom. The van der Waals surface area contributed by atoms with Crippen LogP contribution in [0.1, 0.15) is 19.8 Å². The van der Waals surface area contributed by atoms with E-state index in [0.717, 1.165) is 29.3 Å². The van der Waals surface area contributed by atoms with Crippen LogP contribution in [0.5, 0.6) is 0 Å². The van der Waals surface area contributed by atoms with Gasteiger partial charge in [0.1, 0.15) is 0 Å². The molecule has 0 aromatic heterocycles. The SMILES string of the molecule is CC1CCCN1S(=O)(=O)c1cccc2cc(N(C)C)ccc12. The zero-order valence-electron chi connectivity index (χ0n) is 13.3. The fourth-order valence-corrected chi connectivity index (χ4v) is 5.05. The van der Waals surface area contributed by atoms with Gasteiger partial charge < -0.3 is 4.90 Å². The molecule has 1 unspecified atom stereocenters. The minimum atomic E-state index is -3.43. The molecule has 1 aliphatic heterocycles. The van der Waals surface area contributed by atoms with Crippen LogP contribution < -0.4 is 4.90 Å². The molecule has 4 nitrogen and oxygen atoms in total. The van der Waals surface area contributed by atoms with Crippen molar-refractivity contribution in [2.45, 2.75) is 30.7 Å². The highest BCUT2D eigenvalue weighted by atomic mass is 32.2. The number of sulfonamides is 1. The normalized spacial score (nSPS) is 19.7. The highest BCUT2D eigenvalue weighted by Crippen LogP contribution is 2.31. The Morgan fingerprint density at radius 1 is 1.18 bits per heavy atom. The summed E-state index contributed by atoms with van der Waals surface area (Å²) >= 11 is 0. The fourth-order valence-electron chi connectivity index (χ4n) is 3.13. The number of fused-ring (bicyclic) bond motifs is 1. The number of rotatable bonds is 3. The molecular weight excluding hydrogens is 296 g/mol. The third kappa shape index (κ3) is 2.48. The van der Waals surface area contributed by atoms with Crippen molar-refractivity contribution in [3.8, 4) is 0 Å². The lowest BCUT2D eigenvalue weighted by Crippen LogP contribution is -2.33. The van der Waals surface area contributed by atoms with E-state index in [-0.39, 0.29) is 6.04 Å². The van der Waals surface area contributed by atoms with E-state index in [4.69, 9.17) is 0 Å². The molecule has 0 saturated carbocycles. The molecule has 0 aliphatic carbocycles. The van der Waals surface area contributed by atoms with Gasteiger partial charge >= 0.3 is 0 Å². The van der Waals surface area contributed by atoms with Crippen LogP contribution in [-0.2, 0) is 10.0 Å². The van der Waals surface area contributed by atoms with Gasteiger partial charge in [-0.3, -0.25) is 0 Å². The third-order valence-electron chi connectivity index (χ3n) is 4.42. The van der Waals surface area contributed by atoms with Crippen LogP contribution in [0.4, 0.5) is 5.69 Å². The molecule has 0 amide bonds. The zero-order valence-corrected chi connectivity index (χ0v) is 14.1. The van der Waals surface area contributed by atoms with E-state index < -0.39 is 10.0 Å². The Bertz CT molecular complexity index is 799. The molecule has 2 aromatic carbocycles. The Hall–Kier alpha value is -1.59. The van der Waals surface area contributed by atoms with Gasteiger partial charge in [0.25, 0.3) is 0 Å².